The molecular formula is C31H37IN4O8. The molecule has 0 bridgehead atoms. The standard InChI is InChI=1S/C22H26N2O4.C9H11IN2O4/c1-2-3-4-5-15-6-8-16(9-7-15)19-12-17-13-24(22(26)23-21(17)28-19)20-11-10-18(14-25)27-20;10-6-3-12(9(15)11-8(6)14)7-2-1-5(4-13)16-7/h6-9,12-13,18,20,25H,2-5,10-11,14H2,1H3;3,5,7,13H,1-2,4H2,(H,11,14,15)/t18-,20+;5-,7+/m11/s1. The van der Waals surface area contributed by atoms with Gasteiger partial charge in [0.05, 0.1) is 34.4 Å². The summed E-state index contributed by atoms with van der Waals surface area (Å²) in [6.45, 7) is 2.12. The van der Waals surface area contributed by atoms with Crippen LogP contribution in [-0.2, 0) is 15.9 Å². The van der Waals surface area contributed by atoms with E-state index in [-0.39, 0.29) is 31.6 Å². The number of furan rings is 1. The fraction of sp³-hybridized carbons (Fsp3) is 0.484. The van der Waals surface area contributed by atoms with Gasteiger partial charge in [0.15, 0.2) is 0 Å². The molecule has 4 aromatic rings. The molecule has 5 heterocycles. The lowest BCUT2D eigenvalue weighted by Gasteiger charge is -2.14. The van der Waals surface area contributed by atoms with Gasteiger partial charge in [0.2, 0.25) is 5.71 Å². The number of hydrogen-bond acceptors (Lipinski definition) is 9. The van der Waals surface area contributed by atoms with E-state index in [1.165, 1.54) is 40.2 Å². The molecule has 0 radical (unpaired) electrons. The molecule has 0 saturated carbocycles. The second kappa shape index (κ2) is 14.8. The van der Waals surface area contributed by atoms with E-state index >= 15 is 0 Å². The van der Waals surface area contributed by atoms with Gasteiger partial charge in [-0.25, -0.2) is 9.59 Å². The summed E-state index contributed by atoms with van der Waals surface area (Å²) in [7, 11) is 0. The molecule has 6 rings (SSSR count). The van der Waals surface area contributed by atoms with E-state index in [1.807, 2.05) is 28.7 Å². The first kappa shape index (κ1) is 32.3. The van der Waals surface area contributed by atoms with Crippen LogP contribution in [0.15, 0.2) is 61.5 Å². The third kappa shape index (κ3) is 7.57. The molecular weight excluding hydrogens is 683 g/mol. The van der Waals surface area contributed by atoms with Crippen molar-refractivity contribution in [1.82, 2.24) is 19.1 Å². The summed E-state index contributed by atoms with van der Waals surface area (Å²) < 4.78 is 20.3. The molecule has 0 amide bonds. The predicted octanol–water partition coefficient (Wildman–Crippen LogP) is 3.87. The molecule has 2 fully saturated rings. The molecule has 0 aliphatic carbocycles. The summed E-state index contributed by atoms with van der Waals surface area (Å²) in [5, 5.41) is 18.9. The van der Waals surface area contributed by atoms with Crippen LogP contribution in [0.3, 0.4) is 0 Å². The van der Waals surface area contributed by atoms with Crippen LogP contribution < -0.4 is 16.9 Å². The van der Waals surface area contributed by atoms with E-state index in [1.54, 1.807) is 6.20 Å². The minimum atomic E-state index is -0.478. The predicted molar refractivity (Wildman–Crippen MR) is 171 cm³/mol. The molecule has 0 spiro atoms. The maximum Gasteiger partial charge on any atom is 0.353 e. The lowest BCUT2D eigenvalue weighted by atomic mass is 10.0. The van der Waals surface area contributed by atoms with E-state index in [0.29, 0.717) is 34.3 Å². The van der Waals surface area contributed by atoms with Gasteiger partial charge in [-0.2, -0.15) is 4.98 Å². The number of aliphatic hydroxyl groups excluding tert-OH is 2. The van der Waals surface area contributed by atoms with E-state index in [9.17, 15) is 19.5 Å². The molecule has 13 heteroatoms. The van der Waals surface area contributed by atoms with E-state index in [4.69, 9.17) is 19.0 Å². The number of benzene rings is 1. The third-order valence-electron chi connectivity index (χ3n) is 7.87. The van der Waals surface area contributed by atoms with Crippen LogP contribution in [0.2, 0.25) is 0 Å². The Balaban J connectivity index is 0.000000204. The van der Waals surface area contributed by atoms with Crippen LogP contribution in [0.25, 0.3) is 22.4 Å². The molecule has 4 atom stereocenters. The van der Waals surface area contributed by atoms with E-state index in [2.05, 4.69) is 41.2 Å². The number of aromatic nitrogens is 4. The Labute approximate surface area is 266 Å². The zero-order chi connectivity index (χ0) is 31.2. The number of fused-ring (bicyclic) bond motifs is 1. The van der Waals surface area contributed by atoms with Gasteiger partial charge in [-0.3, -0.25) is 18.9 Å². The minimum Gasteiger partial charge on any atom is -0.437 e. The number of aryl methyl sites for hydroxylation is 1. The highest BCUT2D eigenvalue weighted by Crippen LogP contribution is 2.30. The fourth-order valence-corrected chi connectivity index (χ4v) is 5.85. The summed E-state index contributed by atoms with van der Waals surface area (Å²) in [5.41, 5.74) is 1.35. The largest absolute Gasteiger partial charge is 0.437 e. The number of rotatable bonds is 9. The molecule has 2 aliphatic heterocycles. The summed E-state index contributed by atoms with van der Waals surface area (Å²) >= 11 is 1.86. The monoisotopic (exact) mass is 720 g/mol. The molecule has 0 unspecified atom stereocenters. The molecule has 1 aromatic carbocycles. The van der Waals surface area contributed by atoms with E-state index < -0.39 is 23.2 Å². The molecule has 12 nitrogen and oxygen atoms in total. The maximum absolute atomic E-state index is 12.4. The first-order valence-electron chi connectivity index (χ1n) is 14.9. The summed E-state index contributed by atoms with van der Waals surface area (Å²) in [5.74, 6) is 0.695. The summed E-state index contributed by atoms with van der Waals surface area (Å²) in [4.78, 5) is 41.4. The van der Waals surface area contributed by atoms with Gasteiger partial charge >= 0.3 is 11.4 Å². The summed E-state index contributed by atoms with van der Waals surface area (Å²) in [6, 6.07) is 10.3. The number of aliphatic hydroxyl groups is 2. The quantitative estimate of drug-likeness (QED) is 0.172. The van der Waals surface area contributed by atoms with Crippen molar-refractivity contribution in [3.8, 4) is 11.3 Å². The van der Waals surface area contributed by atoms with Gasteiger partial charge < -0.3 is 24.1 Å². The highest BCUT2D eigenvalue weighted by Gasteiger charge is 2.28. The Morgan fingerprint density at radius 1 is 0.932 bits per heavy atom. The van der Waals surface area contributed by atoms with Crippen molar-refractivity contribution in [3.63, 3.8) is 0 Å². The Morgan fingerprint density at radius 2 is 1.59 bits per heavy atom. The number of nitrogens with one attached hydrogen (secondary N) is 1. The van der Waals surface area contributed by atoms with Crippen molar-refractivity contribution in [1.29, 1.82) is 0 Å². The van der Waals surface area contributed by atoms with Gasteiger partial charge in [0.25, 0.3) is 5.56 Å². The fourth-order valence-electron chi connectivity index (χ4n) is 5.41. The third-order valence-corrected chi connectivity index (χ3v) is 8.63. The molecule has 2 saturated heterocycles. The molecule has 236 valence electrons. The van der Waals surface area contributed by atoms with Gasteiger partial charge in [-0.15, -0.1) is 0 Å². The van der Waals surface area contributed by atoms with Crippen molar-refractivity contribution >= 4 is 33.7 Å². The highest BCUT2D eigenvalue weighted by atomic mass is 127. The Morgan fingerprint density at radius 3 is 2.20 bits per heavy atom. The number of aromatic amines is 1. The van der Waals surface area contributed by atoms with Crippen molar-refractivity contribution in [2.24, 2.45) is 0 Å². The number of ether oxygens (including phenoxy) is 2. The van der Waals surface area contributed by atoms with Crippen molar-refractivity contribution < 1.29 is 24.1 Å². The highest BCUT2D eigenvalue weighted by molar-refractivity contribution is 14.1. The second-order valence-corrected chi connectivity index (χ2v) is 12.2. The molecule has 44 heavy (non-hydrogen) atoms. The van der Waals surface area contributed by atoms with Crippen molar-refractivity contribution in [3.05, 3.63) is 83.2 Å². The first-order chi connectivity index (χ1) is 21.3. The average molecular weight is 721 g/mol. The van der Waals surface area contributed by atoms with Gasteiger partial charge in [0.1, 0.15) is 18.2 Å². The molecule has 3 N–H and O–H groups in total. The smallest absolute Gasteiger partial charge is 0.353 e. The van der Waals surface area contributed by atoms with Crippen LogP contribution in [0.5, 0.6) is 0 Å². The van der Waals surface area contributed by atoms with E-state index in [0.717, 1.165) is 23.8 Å². The minimum absolute atomic E-state index is 0.0365. The number of hydrogen-bond donors (Lipinski definition) is 3. The van der Waals surface area contributed by atoms with Crippen LogP contribution in [-0.4, -0.2) is 54.7 Å². The zero-order valence-electron chi connectivity index (χ0n) is 24.5. The zero-order valence-corrected chi connectivity index (χ0v) is 26.6. The second-order valence-electron chi connectivity index (χ2n) is 11.0. The normalized spacial score (nSPS) is 21.5. The number of nitrogens with zero attached hydrogens (tertiary/aromatic N) is 3. The molecule has 2 aliphatic rings. The Hall–Kier alpha value is -3.11. The number of halogens is 1. The first-order valence-corrected chi connectivity index (χ1v) is 16.0. The van der Waals surface area contributed by atoms with Gasteiger partial charge in [-0.1, -0.05) is 44.0 Å². The van der Waals surface area contributed by atoms with Crippen LogP contribution in [0, 0.1) is 3.57 Å². The summed E-state index contributed by atoms with van der Waals surface area (Å²) in [6.07, 6.45) is 9.54. The Kier molecular flexibility index (Phi) is 10.8. The lowest BCUT2D eigenvalue weighted by molar-refractivity contribution is -0.0247. The van der Waals surface area contributed by atoms with Gasteiger partial charge in [0, 0.05) is 18.0 Å². The Bertz CT molecular complexity index is 1730. The number of unbranched alkanes of at least 4 members (excludes halogenated alkanes) is 2. The van der Waals surface area contributed by atoms with Gasteiger partial charge in [-0.05, 0) is 72.7 Å². The van der Waals surface area contributed by atoms with Crippen molar-refractivity contribution in [2.45, 2.75) is 83.0 Å². The lowest BCUT2D eigenvalue weighted by Crippen LogP contribution is -2.33. The maximum atomic E-state index is 12.4. The van der Waals surface area contributed by atoms with Crippen LogP contribution in [0.1, 0.15) is 69.9 Å². The number of H-pyrrole nitrogens is 1. The topological polar surface area (TPSA) is 162 Å². The van der Waals surface area contributed by atoms with Crippen molar-refractivity contribution in [2.75, 3.05) is 13.2 Å². The SMILES string of the molecule is CCCCCc1ccc(-c2cc3cn([C@@H]4CC[C@H](CO)O4)c(=O)nc3o2)cc1.O=c1[nH]c(=O)n([C@@H]2CC[C@H](CO)O2)cc1I. The van der Waals surface area contributed by atoms with Crippen LogP contribution in [0.4, 0.5) is 0 Å². The molecule has 3 aromatic heterocycles. The average Bonchev–Trinajstić information content (AvgIpc) is 3.79. The van der Waals surface area contributed by atoms with Crippen LogP contribution >= 0.6 is 22.6 Å².